The van der Waals surface area contributed by atoms with Crippen molar-refractivity contribution in [2.24, 2.45) is 0 Å². The highest BCUT2D eigenvalue weighted by Gasteiger charge is 2.45. The van der Waals surface area contributed by atoms with E-state index in [2.05, 4.69) is 5.32 Å². The molecule has 1 aliphatic heterocycles. The van der Waals surface area contributed by atoms with Gasteiger partial charge in [-0.2, -0.15) is 0 Å². The van der Waals surface area contributed by atoms with Gasteiger partial charge in [-0.05, 0) is 19.3 Å². The molecule has 1 saturated carbocycles. The molecule has 0 bridgehead atoms. The fourth-order valence-corrected chi connectivity index (χ4v) is 2.03. The number of fused-ring (bicyclic) bond motifs is 1. The number of imide groups is 1. The lowest BCUT2D eigenvalue weighted by atomic mass is 10.2. The molecule has 2 atom stereocenters. The molecule has 5 heteroatoms. The molecule has 0 aromatic carbocycles. The van der Waals surface area contributed by atoms with Gasteiger partial charge < -0.3 is 10.4 Å². The fraction of sp³-hybridized carbons (Fsp3) is 0.714. The summed E-state index contributed by atoms with van der Waals surface area (Å²) in [4.78, 5) is 22.6. The summed E-state index contributed by atoms with van der Waals surface area (Å²) in [5, 5.41) is 11.3. The van der Waals surface area contributed by atoms with Crippen LogP contribution in [0.5, 0.6) is 0 Å². The largest absolute Gasteiger partial charge is 0.465 e. The zero-order valence-electron chi connectivity index (χ0n) is 6.49. The van der Waals surface area contributed by atoms with Crippen LogP contribution >= 0.6 is 0 Å². The highest BCUT2D eigenvalue weighted by atomic mass is 16.4. The van der Waals surface area contributed by atoms with Crippen molar-refractivity contribution in [1.29, 1.82) is 0 Å². The highest BCUT2D eigenvalue weighted by Crippen LogP contribution is 2.28. The first-order valence-corrected chi connectivity index (χ1v) is 4.03. The van der Waals surface area contributed by atoms with E-state index < -0.39 is 12.1 Å². The topological polar surface area (TPSA) is 69.6 Å². The van der Waals surface area contributed by atoms with Crippen LogP contribution in [0.2, 0.25) is 0 Å². The van der Waals surface area contributed by atoms with Crippen LogP contribution in [0.4, 0.5) is 9.59 Å². The molecule has 12 heavy (non-hydrogen) atoms. The van der Waals surface area contributed by atoms with Crippen LogP contribution in [0, 0.1) is 0 Å². The molecule has 2 N–H and O–H groups in total. The van der Waals surface area contributed by atoms with Gasteiger partial charge in [-0.1, -0.05) is 0 Å². The molecular weight excluding hydrogens is 160 g/mol. The van der Waals surface area contributed by atoms with Crippen molar-refractivity contribution in [2.75, 3.05) is 0 Å². The van der Waals surface area contributed by atoms with Crippen LogP contribution in [0.15, 0.2) is 0 Å². The van der Waals surface area contributed by atoms with E-state index in [1.807, 2.05) is 0 Å². The Morgan fingerprint density at radius 2 is 2.33 bits per heavy atom. The van der Waals surface area contributed by atoms with E-state index in [4.69, 9.17) is 5.11 Å². The zero-order valence-corrected chi connectivity index (χ0v) is 6.49. The molecular formula is C7H10N2O3. The lowest BCUT2D eigenvalue weighted by Gasteiger charge is -2.15. The Kier molecular flexibility index (Phi) is 1.46. The Bertz CT molecular complexity index is 241. The second-order valence-electron chi connectivity index (χ2n) is 3.21. The molecule has 66 valence electrons. The molecule has 1 saturated heterocycles. The van der Waals surface area contributed by atoms with Crippen LogP contribution in [-0.4, -0.2) is 34.2 Å². The number of nitrogens with zero attached hydrogens (tertiary/aromatic N) is 1. The van der Waals surface area contributed by atoms with Crippen molar-refractivity contribution in [3.8, 4) is 0 Å². The Labute approximate surface area is 69.3 Å². The van der Waals surface area contributed by atoms with E-state index in [1.54, 1.807) is 0 Å². The average Bonchev–Trinajstić information content (AvgIpc) is 2.44. The van der Waals surface area contributed by atoms with E-state index in [-0.39, 0.29) is 12.1 Å². The first-order chi connectivity index (χ1) is 5.70. The van der Waals surface area contributed by atoms with Gasteiger partial charge in [0.2, 0.25) is 0 Å². The van der Waals surface area contributed by atoms with E-state index in [9.17, 15) is 9.59 Å². The van der Waals surface area contributed by atoms with Gasteiger partial charge in [0.05, 0.1) is 12.1 Å². The van der Waals surface area contributed by atoms with Crippen LogP contribution in [0.3, 0.4) is 0 Å². The Morgan fingerprint density at radius 3 is 3.00 bits per heavy atom. The second-order valence-corrected chi connectivity index (χ2v) is 3.21. The number of amides is 3. The zero-order chi connectivity index (χ0) is 8.72. The second kappa shape index (κ2) is 2.36. The predicted octanol–water partition coefficient (Wildman–Crippen LogP) is 0.611. The Hall–Kier alpha value is -1.26. The van der Waals surface area contributed by atoms with Crippen molar-refractivity contribution in [3.63, 3.8) is 0 Å². The maximum Gasteiger partial charge on any atom is 0.415 e. The number of nitrogens with one attached hydrogen (secondary N) is 1. The summed E-state index contributed by atoms with van der Waals surface area (Å²) < 4.78 is 0. The summed E-state index contributed by atoms with van der Waals surface area (Å²) in [6, 6.07) is -0.513. The molecule has 1 aliphatic carbocycles. The van der Waals surface area contributed by atoms with Crippen LogP contribution in [-0.2, 0) is 0 Å². The van der Waals surface area contributed by atoms with Crippen molar-refractivity contribution in [3.05, 3.63) is 0 Å². The molecule has 0 aromatic rings. The smallest absolute Gasteiger partial charge is 0.415 e. The molecule has 0 aromatic heterocycles. The summed E-state index contributed by atoms with van der Waals surface area (Å²) in [6.45, 7) is 0. The normalized spacial score (nSPS) is 33.3. The first-order valence-electron chi connectivity index (χ1n) is 4.03. The Balaban J connectivity index is 2.21. The third-order valence-electron chi connectivity index (χ3n) is 2.54. The van der Waals surface area contributed by atoms with Gasteiger partial charge in [0, 0.05) is 0 Å². The van der Waals surface area contributed by atoms with Gasteiger partial charge in [-0.25, -0.2) is 14.5 Å². The number of carboxylic acid groups (broad SMARTS) is 1. The van der Waals surface area contributed by atoms with Gasteiger partial charge in [-0.15, -0.1) is 0 Å². The summed E-state index contributed by atoms with van der Waals surface area (Å²) in [5.41, 5.74) is 0. The maximum atomic E-state index is 11.1. The predicted molar refractivity (Wildman–Crippen MR) is 39.8 cm³/mol. The van der Waals surface area contributed by atoms with Crippen LogP contribution in [0.1, 0.15) is 19.3 Å². The minimum absolute atomic E-state index is 0.0635. The van der Waals surface area contributed by atoms with Crippen molar-refractivity contribution in [1.82, 2.24) is 10.2 Å². The average molecular weight is 170 g/mol. The maximum absolute atomic E-state index is 11.1. The molecule has 3 amide bonds. The summed E-state index contributed by atoms with van der Waals surface area (Å²) >= 11 is 0. The standard InChI is InChI=1S/C7H10N2O3/c10-6-8-4-2-1-3-5(4)9(6)7(11)12/h4-5H,1-3H2,(H,8,10)(H,11,12). The monoisotopic (exact) mass is 170 g/mol. The minimum Gasteiger partial charge on any atom is -0.465 e. The molecule has 1 heterocycles. The van der Waals surface area contributed by atoms with Gasteiger partial charge in [0.25, 0.3) is 0 Å². The third-order valence-corrected chi connectivity index (χ3v) is 2.54. The molecule has 5 nitrogen and oxygen atoms in total. The third kappa shape index (κ3) is 0.855. The summed E-state index contributed by atoms with van der Waals surface area (Å²) in [7, 11) is 0. The minimum atomic E-state index is -1.14. The van der Waals surface area contributed by atoms with Crippen molar-refractivity contribution < 1.29 is 14.7 Å². The molecule has 2 rings (SSSR count). The summed E-state index contributed by atoms with van der Waals surface area (Å²) in [5.74, 6) is 0. The Morgan fingerprint density at radius 1 is 1.58 bits per heavy atom. The number of hydrogen-bond donors (Lipinski definition) is 2. The fourth-order valence-electron chi connectivity index (χ4n) is 2.03. The van der Waals surface area contributed by atoms with Crippen LogP contribution < -0.4 is 5.32 Å². The molecule has 2 unspecified atom stereocenters. The lowest BCUT2D eigenvalue weighted by Crippen LogP contribution is -2.38. The number of rotatable bonds is 0. The van der Waals surface area contributed by atoms with Crippen molar-refractivity contribution >= 4 is 12.1 Å². The SMILES string of the molecule is O=C(O)N1C(=O)NC2CCCC21. The number of carbonyl (C=O) groups excluding carboxylic acids is 1. The highest BCUT2D eigenvalue weighted by molar-refractivity contribution is 5.92. The quantitative estimate of drug-likeness (QED) is 0.559. The number of carbonyl (C=O) groups is 2. The lowest BCUT2D eigenvalue weighted by molar-refractivity contribution is 0.145. The van der Waals surface area contributed by atoms with Gasteiger partial charge in [-0.3, -0.25) is 0 Å². The van der Waals surface area contributed by atoms with E-state index in [0.29, 0.717) is 0 Å². The van der Waals surface area contributed by atoms with Gasteiger partial charge in [0.15, 0.2) is 0 Å². The van der Waals surface area contributed by atoms with Crippen LogP contribution in [0.25, 0.3) is 0 Å². The first kappa shape index (κ1) is 7.39. The molecule has 0 spiro atoms. The van der Waals surface area contributed by atoms with Gasteiger partial charge in [0.1, 0.15) is 0 Å². The van der Waals surface area contributed by atoms with E-state index in [1.165, 1.54) is 0 Å². The number of urea groups is 1. The molecule has 2 aliphatic rings. The van der Waals surface area contributed by atoms with Gasteiger partial charge >= 0.3 is 12.1 Å². The van der Waals surface area contributed by atoms with E-state index in [0.717, 1.165) is 24.2 Å². The van der Waals surface area contributed by atoms with E-state index >= 15 is 0 Å². The summed E-state index contributed by atoms with van der Waals surface area (Å²) in [6.07, 6.45) is 1.57. The number of hydrogen-bond acceptors (Lipinski definition) is 2. The molecule has 0 radical (unpaired) electrons. The molecule has 2 fully saturated rings. The van der Waals surface area contributed by atoms with Crippen molar-refractivity contribution in [2.45, 2.75) is 31.3 Å².